The molecule has 228 valence electrons. The lowest BCUT2D eigenvalue weighted by molar-refractivity contribution is -0.143. The molecule has 2 heterocycles. The largest absolute Gasteiger partial charge is 0.493 e. The van der Waals surface area contributed by atoms with Crippen LogP contribution in [0.15, 0.2) is 46.3 Å². The molecule has 14 heteroatoms. The Morgan fingerprint density at radius 2 is 1.69 bits per heavy atom. The molecule has 1 fully saturated rings. The molecule has 1 saturated heterocycles. The van der Waals surface area contributed by atoms with E-state index in [0.29, 0.717) is 21.7 Å². The van der Waals surface area contributed by atoms with Gasteiger partial charge in [0.25, 0.3) is 5.91 Å². The Bertz CT molecular complexity index is 1350. The fourth-order valence-electron chi connectivity index (χ4n) is 4.38. The van der Waals surface area contributed by atoms with Gasteiger partial charge in [0.1, 0.15) is 6.61 Å². The monoisotopic (exact) mass is 616 g/mol. The fourth-order valence-corrected chi connectivity index (χ4v) is 5.34. The van der Waals surface area contributed by atoms with Crippen LogP contribution in [0.5, 0.6) is 11.5 Å². The van der Waals surface area contributed by atoms with Crippen molar-refractivity contribution in [2.75, 3.05) is 60.5 Å². The zero-order valence-corrected chi connectivity index (χ0v) is 24.0. The number of rotatable bonds is 8. The van der Waals surface area contributed by atoms with Crippen molar-refractivity contribution in [3.8, 4) is 11.5 Å². The molecule has 0 aliphatic carbocycles. The zero-order chi connectivity index (χ0) is 30.7. The van der Waals surface area contributed by atoms with E-state index in [1.165, 1.54) is 24.9 Å². The smallest absolute Gasteiger partial charge is 0.416 e. The minimum Gasteiger partial charge on any atom is -0.493 e. The highest BCUT2D eigenvalue weighted by molar-refractivity contribution is 8.18. The van der Waals surface area contributed by atoms with E-state index >= 15 is 0 Å². The van der Waals surface area contributed by atoms with Gasteiger partial charge in [0.05, 0.1) is 23.1 Å². The maximum Gasteiger partial charge on any atom is 0.416 e. The first-order valence-electron chi connectivity index (χ1n) is 13.0. The van der Waals surface area contributed by atoms with Crippen LogP contribution in [0.25, 0.3) is 6.08 Å². The van der Waals surface area contributed by atoms with Crippen LogP contribution in [-0.4, -0.2) is 86.2 Å². The first-order valence-corrected chi connectivity index (χ1v) is 13.8. The highest BCUT2D eigenvalue weighted by atomic mass is 32.2. The van der Waals surface area contributed by atoms with E-state index in [9.17, 15) is 31.1 Å². The van der Waals surface area contributed by atoms with Crippen molar-refractivity contribution >= 4 is 28.9 Å². The Balaban J connectivity index is 1.42. The van der Waals surface area contributed by atoms with Crippen LogP contribution >= 0.6 is 11.8 Å². The number of nitrogens with zero attached hydrogens (tertiary/aromatic N) is 4. The van der Waals surface area contributed by atoms with E-state index in [1.54, 1.807) is 18.2 Å². The van der Waals surface area contributed by atoms with Crippen molar-refractivity contribution in [1.29, 1.82) is 0 Å². The molecule has 4 rings (SSSR count). The summed E-state index contributed by atoms with van der Waals surface area (Å²) in [6.45, 7) is 4.56. The minimum absolute atomic E-state index is 0.0723. The molecular weight excluding hydrogens is 586 g/mol. The number of likely N-dealkylation sites (N-methyl/N-ethyl adjacent to an activating group) is 1. The van der Waals surface area contributed by atoms with Crippen molar-refractivity contribution < 1.29 is 40.6 Å². The molecule has 0 saturated carbocycles. The number of hydrogen-bond donors (Lipinski definition) is 0. The number of amides is 1. The van der Waals surface area contributed by atoms with Crippen LogP contribution in [0.3, 0.4) is 0 Å². The van der Waals surface area contributed by atoms with Crippen molar-refractivity contribution in [2.24, 2.45) is 4.99 Å². The average Bonchev–Trinajstić information content (AvgIpc) is 3.29. The molecule has 0 radical (unpaired) electrons. The SMILES string of the molecule is COc1cc(C=C2SC(N3CCN(CCN(C)C)CC3)=NC2=O)ccc1OCc1ccc(C(F)(F)F)cc1C(F)(F)F. The molecule has 2 aliphatic rings. The van der Waals surface area contributed by atoms with Crippen LogP contribution < -0.4 is 9.47 Å². The Kier molecular flexibility index (Phi) is 9.78. The van der Waals surface area contributed by atoms with Crippen LogP contribution in [0.4, 0.5) is 26.3 Å². The van der Waals surface area contributed by atoms with Crippen molar-refractivity contribution in [1.82, 2.24) is 14.7 Å². The van der Waals surface area contributed by atoms with Gasteiger partial charge >= 0.3 is 12.4 Å². The minimum atomic E-state index is -5.01. The molecule has 0 N–H and O–H groups in total. The molecule has 0 bridgehead atoms. The van der Waals surface area contributed by atoms with Gasteiger partial charge in [-0.05, 0) is 61.8 Å². The third-order valence-corrected chi connectivity index (χ3v) is 7.77. The standard InChI is InChI=1S/C28H30F6N4O3S/c1-36(2)8-9-37-10-12-38(13-11-37)26-35-25(39)24(42-26)15-18-4-7-22(23(14-18)40-3)41-17-19-5-6-20(27(29,30)31)16-21(19)28(32,33)34/h4-7,14-16H,8-13,17H2,1-3H3. The quantitative estimate of drug-likeness (QED) is 0.289. The Labute approximate surface area is 243 Å². The fraction of sp³-hybridized carbons (Fsp3) is 0.429. The number of carbonyl (C=O) groups is 1. The maximum atomic E-state index is 13.5. The molecule has 0 aromatic heterocycles. The van der Waals surface area contributed by atoms with Gasteiger partial charge in [0.15, 0.2) is 16.7 Å². The molecule has 7 nitrogen and oxygen atoms in total. The molecule has 0 atom stereocenters. The van der Waals surface area contributed by atoms with Gasteiger partial charge in [-0.1, -0.05) is 12.1 Å². The summed E-state index contributed by atoms with van der Waals surface area (Å²) in [5.41, 5.74) is -2.71. The number of amidine groups is 1. The number of alkyl halides is 6. The van der Waals surface area contributed by atoms with E-state index < -0.39 is 35.6 Å². The summed E-state index contributed by atoms with van der Waals surface area (Å²) >= 11 is 1.27. The predicted octanol–water partition coefficient (Wildman–Crippen LogP) is 5.46. The van der Waals surface area contributed by atoms with Gasteiger partial charge < -0.3 is 19.3 Å². The third-order valence-electron chi connectivity index (χ3n) is 6.73. The Morgan fingerprint density at radius 1 is 0.976 bits per heavy atom. The molecule has 1 amide bonds. The van der Waals surface area contributed by atoms with Crippen molar-refractivity contribution in [3.63, 3.8) is 0 Å². The molecule has 2 aromatic carbocycles. The molecule has 2 aromatic rings. The van der Waals surface area contributed by atoms with Gasteiger partial charge in [-0.2, -0.15) is 31.3 Å². The topological polar surface area (TPSA) is 57.6 Å². The number of piperazine rings is 1. The van der Waals surface area contributed by atoms with Gasteiger partial charge in [0, 0.05) is 44.8 Å². The summed E-state index contributed by atoms with van der Waals surface area (Å²) in [4.78, 5) is 23.8. The molecular formula is C28H30F6N4O3S. The molecule has 0 unspecified atom stereocenters. The van der Waals surface area contributed by atoms with E-state index in [4.69, 9.17) is 9.47 Å². The summed E-state index contributed by atoms with van der Waals surface area (Å²) < 4.78 is 90.2. The van der Waals surface area contributed by atoms with Gasteiger partial charge in [-0.3, -0.25) is 9.69 Å². The van der Waals surface area contributed by atoms with Gasteiger partial charge in [0.2, 0.25) is 0 Å². The van der Waals surface area contributed by atoms with Crippen LogP contribution in [0.2, 0.25) is 0 Å². The van der Waals surface area contributed by atoms with Crippen LogP contribution in [0.1, 0.15) is 22.3 Å². The molecule has 42 heavy (non-hydrogen) atoms. The van der Waals surface area contributed by atoms with E-state index in [-0.39, 0.29) is 23.5 Å². The third kappa shape index (κ3) is 7.98. The zero-order valence-electron chi connectivity index (χ0n) is 23.2. The second-order valence-corrected chi connectivity index (χ2v) is 11.0. The lowest BCUT2D eigenvalue weighted by Crippen LogP contribution is -2.49. The first kappa shape index (κ1) is 31.7. The Morgan fingerprint density at radius 3 is 2.31 bits per heavy atom. The second-order valence-electron chi connectivity index (χ2n) is 10.0. The van der Waals surface area contributed by atoms with Crippen molar-refractivity contribution in [3.05, 3.63) is 63.6 Å². The van der Waals surface area contributed by atoms with Gasteiger partial charge in [-0.25, -0.2) is 0 Å². The summed E-state index contributed by atoms with van der Waals surface area (Å²) in [5, 5.41) is 0.641. The summed E-state index contributed by atoms with van der Waals surface area (Å²) in [6.07, 6.45) is -8.29. The number of thioether (sulfide) groups is 1. The number of aliphatic imine (C=N–C) groups is 1. The normalized spacial score (nSPS) is 17.8. The number of hydrogen-bond acceptors (Lipinski definition) is 7. The number of ether oxygens (including phenoxy) is 2. The molecule has 2 aliphatic heterocycles. The first-order chi connectivity index (χ1) is 19.7. The predicted molar refractivity (Wildman–Crippen MR) is 148 cm³/mol. The van der Waals surface area contributed by atoms with Gasteiger partial charge in [-0.15, -0.1) is 0 Å². The van der Waals surface area contributed by atoms with E-state index in [2.05, 4.69) is 19.7 Å². The van der Waals surface area contributed by atoms with E-state index in [1.807, 2.05) is 14.1 Å². The number of carbonyl (C=O) groups excluding carboxylic acids is 1. The second kappa shape index (κ2) is 13.0. The number of benzene rings is 2. The summed E-state index contributed by atoms with van der Waals surface area (Å²) in [7, 11) is 5.41. The average molecular weight is 617 g/mol. The summed E-state index contributed by atoms with van der Waals surface area (Å²) in [6, 6.07) is 6.01. The van der Waals surface area contributed by atoms with Crippen LogP contribution in [-0.2, 0) is 23.8 Å². The number of methoxy groups -OCH3 is 1. The molecule has 0 spiro atoms. The summed E-state index contributed by atoms with van der Waals surface area (Å²) in [5.74, 6) is -0.108. The van der Waals surface area contributed by atoms with E-state index in [0.717, 1.165) is 45.3 Å². The lowest BCUT2D eigenvalue weighted by atomic mass is 10.0. The number of halogens is 6. The maximum absolute atomic E-state index is 13.5. The van der Waals surface area contributed by atoms with Crippen molar-refractivity contribution in [2.45, 2.75) is 19.0 Å². The Hall–Kier alpha value is -3.23. The lowest BCUT2D eigenvalue weighted by Gasteiger charge is -2.35. The van der Waals surface area contributed by atoms with Crippen LogP contribution in [0, 0.1) is 0 Å². The highest BCUT2D eigenvalue weighted by Gasteiger charge is 2.38. The highest BCUT2D eigenvalue weighted by Crippen LogP contribution is 2.39.